The standard InChI is InChI=1S/C14H23N3/c1-17(12-13-5-4-8-15-11-13)10-7-14-6-2-3-9-16-14/h4-5,8,11,14,16H,2-3,6-7,9-10,12H2,1H3. The number of pyridine rings is 1. The van der Waals surface area contributed by atoms with E-state index in [1.165, 1.54) is 37.8 Å². The van der Waals surface area contributed by atoms with Crippen molar-refractivity contribution in [2.75, 3.05) is 20.1 Å². The van der Waals surface area contributed by atoms with Gasteiger partial charge >= 0.3 is 0 Å². The van der Waals surface area contributed by atoms with E-state index in [1.807, 2.05) is 18.5 Å². The van der Waals surface area contributed by atoms with Gasteiger partial charge in [-0.05, 0) is 51.0 Å². The zero-order valence-electron chi connectivity index (χ0n) is 10.7. The van der Waals surface area contributed by atoms with Crippen molar-refractivity contribution >= 4 is 0 Å². The van der Waals surface area contributed by atoms with E-state index in [1.54, 1.807) is 0 Å². The molecule has 2 heterocycles. The summed E-state index contributed by atoms with van der Waals surface area (Å²) in [6, 6.07) is 4.88. The molecule has 0 amide bonds. The quantitative estimate of drug-likeness (QED) is 0.843. The number of nitrogens with zero attached hydrogens (tertiary/aromatic N) is 2. The lowest BCUT2D eigenvalue weighted by molar-refractivity contribution is 0.281. The summed E-state index contributed by atoms with van der Waals surface area (Å²) in [7, 11) is 2.19. The van der Waals surface area contributed by atoms with Gasteiger partial charge in [0.1, 0.15) is 0 Å². The average Bonchev–Trinajstić information content (AvgIpc) is 2.39. The first-order valence-electron chi connectivity index (χ1n) is 6.65. The van der Waals surface area contributed by atoms with Crippen LogP contribution >= 0.6 is 0 Å². The minimum absolute atomic E-state index is 0.736. The molecule has 0 saturated carbocycles. The van der Waals surface area contributed by atoms with Gasteiger partial charge in [-0.3, -0.25) is 4.98 Å². The van der Waals surface area contributed by atoms with Gasteiger partial charge in [-0.2, -0.15) is 0 Å². The van der Waals surface area contributed by atoms with Crippen LogP contribution in [0.2, 0.25) is 0 Å². The molecule has 1 saturated heterocycles. The number of nitrogens with one attached hydrogen (secondary N) is 1. The Labute approximate surface area is 104 Å². The SMILES string of the molecule is CN(CCC1CCCCN1)Cc1cccnc1. The molecule has 1 N–H and O–H groups in total. The fourth-order valence-corrected chi connectivity index (χ4v) is 2.43. The van der Waals surface area contributed by atoms with Gasteiger partial charge in [0.05, 0.1) is 0 Å². The second-order valence-corrected chi connectivity index (χ2v) is 5.03. The monoisotopic (exact) mass is 233 g/mol. The third-order valence-electron chi connectivity index (χ3n) is 3.45. The van der Waals surface area contributed by atoms with E-state index in [0.717, 1.165) is 19.1 Å². The van der Waals surface area contributed by atoms with Gasteiger partial charge in [0.2, 0.25) is 0 Å². The normalized spacial score (nSPS) is 20.7. The van der Waals surface area contributed by atoms with E-state index < -0.39 is 0 Å². The molecule has 0 aliphatic carbocycles. The van der Waals surface area contributed by atoms with Crippen molar-refractivity contribution < 1.29 is 0 Å². The highest BCUT2D eigenvalue weighted by Gasteiger charge is 2.12. The highest BCUT2D eigenvalue weighted by atomic mass is 15.1. The van der Waals surface area contributed by atoms with Gasteiger partial charge in [0, 0.05) is 25.0 Å². The first-order chi connectivity index (χ1) is 8.34. The predicted octanol–water partition coefficient (Wildman–Crippen LogP) is 2.05. The molecule has 1 aliphatic heterocycles. The molecule has 1 aromatic heterocycles. The summed E-state index contributed by atoms with van der Waals surface area (Å²) in [5.41, 5.74) is 1.30. The van der Waals surface area contributed by atoms with E-state index >= 15 is 0 Å². The van der Waals surface area contributed by atoms with Crippen molar-refractivity contribution in [3.63, 3.8) is 0 Å². The molecule has 17 heavy (non-hydrogen) atoms. The van der Waals surface area contributed by atoms with Crippen LogP contribution in [0, 0.1) is 0 Å². The Hall–Kier alpha value is -0.930. The molecule has 2 rings (SSSR count). The summed E-state index contributed by atoms with van der Waals surface area (Å²) in [5, 5.41) is 3.60. The van der Waals surface area contributed by atoms with E-state index in [-0.39, 0.29) is 0 Å². The third kappa shape index (κ3) is 4.44. The van der Waals surface area contributed by atoms with Gasteiger partial charge in [0.15, 0.2) is 0 Å². The van der Waals surface area contributed by atoms with Crippen LogP contribution in [-0.2, 0) is 6.54 Å². The Morgan fingerprint density at radius 1 is 1.47 bits per heavy atom. The lowest BCUT2D eigenvalue weighted by Gasteiger charge is -2.25. The van der Waals surface area contributed by atoms with Crippen LogP contribution in [0.15, 0.2) is 24.5 Å². The Morgan fingerprint density at radius 3 is 3.12 bits per heavy atom. The predicted molar refractivity (Wildman–Crippen MR) is 70.8 cm³/mol. The largest absolute Gasteiger partial charge is 0.314 e. The smallest absolute Gasteiger partial charge is 0.0312 e. The Kier molecular flexibility index (Phi) is 4.95. The minimum atomic E-state index is 0.736. The fraction of sp³-hybridized carbons (Fsp3) is 0.643. The summed E-state index contributed by atoms with van der Waals surface area (Å²) >= 11 is 0. The summed E-state index contributed by atoms with van der Waals surface area (Å²) in [5.74, 6) is 0. The second kappa shape index (κ2) is 6.72. The molecule has 1 aliphatic rings. The highest BCUT2D eigenvalue weighted by molar-refractivity contribution is 5.07. The summed E-state index contributed by atoms with van der Waals surface area (Å²) < 4.78 is 0. The summed E-state index contributed by atoms with van der Waals surface area (Å²) in [6.45, 7) is 3.37. The van der Waals surface area contributed by atoms with Crippen LogP contribution < -0.4 is 5.32 Å². The fourth-order valence-electron chi connectivity index (χ4n) is 2.43. The molecule has 1 aromatic rings. The maximum absolute atomic E-state index is 4.15. The molecule has 0 bridgehead atoms. The van der Waals surface area contributed by atoms with Gasteiger partial charge in [0.25, 0.3) is 0 Å². The number of piperidine rings is 1. The van der Waals surface area contributed by atoms with Crippen molar-refractivity contribution in [2.24, 2.45) is 0 Å². The van der Waals surface area contributed by atoms with Crippen LogP contribution in [0.4, 0.5) is 0 Å². The Bertz CT molecular complexity index is 307. The molecule has 3 nitrogen and oxygen atoms in total. The molecule has 94 valence electrons. The average molecular weight is 233 g/mol. The number of aromatic nitrogens is 1. The molecule has 0 radical (unpaired) electrons. The van der Waals surface area contributed by atoms with E-state index in [9.17, 15) is 0 Å². The topological polar surface area (TPSA) is 28.2 Å². The van der Waals surface area contributed by atoms with Crippen LogP contribution in [0.25, 0.3) is 0 Å². The van der Waals surface area contributed by atoms with Crippen molar-refractivity contribution in [3.05, 3.63) is 30.1 Å². The number of hydrogen-bond acceptors (Lipinski definition) is 3. The van der Waals surface area contributed by atoms with Crippen molar-refractivity contribution in [2.45, 2.75) is 38.3 Å². The van der Waals surface area contributed by atoms with Crippen molar-refractivity contribution in [3.8, 4) is 0 Å². The zero-order chi connectivity index (χ0) is 11.9. The second-order valence-electron chi connectivity index (χ2n) is 5.03. The maximum atomic E-state index is 4.15. The first-order valence-corrected chi connectivity index (χ1v) is 6.65. The minimum Gasteiger partial charge on any atom is -0.314 e. The van der Waals surface area contributed by atoms with E-state index in [4.69, 9.17) is 0 Å². The molecular formula is C14H23N3. The first kappa shape index (κ1) is 12.5. The van der Waals surface area contributed by atoms with Crippen LogP contribution in [0.1, 0.15) is 31.2 Å². The Morgan fingerprint density at radius 2 is 2.41 bits per heavy atom. The van der Waals surface area contributed by atoms with Gasteiger partial charge in [-0.15, -0.1) is 0 Å². The van der Waals surface area contributed by atoms with Crippen molar-refractivity contribution in [1.82, 2.24) is 15.2 Å². The summed E-state index contributed by atoms with van der Waals surface area (Å²) in [6.07, 6.45) is 9.13. The third-order valence-corrected chi connectivity index (χ3v) is 3.45. The summed E-state index contributed by atoms with van der Waals surface area (Å²) in [4.78, 5) is 6.53. The van der Waals surface area contributed by atoms with Crippen LogP contribution in [0.5, 0.6) is 0 Å². The molecule has 3 heteroatoms. The number of hydrogen-bond donors (Lipinski definition) is 1. The molecule has 0 spiro atoms. The highest BCUT2D eigenvalue weighted by Crippen LogP contribution is 2.11. The number of rotatable bonds is 5. The van der Waals surface area contributed by atoms with Gasteiger partial charge in [-0.25, -0.2) is 0 Å². The van der Waals surface area contributed by atoms with E-state index in [0.29, 0.717) is 0 Å². The zero-order valence-corrected chi connectivity index (χ0v) is 10.7. The Balaban J connectivity index is 1.68. The van der Waals surface area contributed by atoms with Gasteiger partial charge < -0.3 is 10.2 Å². The molecule has 1 fully saturated rings. The maximum Gasteiger partial charge on any atom is 0.0312 e. The van der Waals surface area contributed by atoms with Crippen LogP contribution in [-0.4, -0.2) is 36.1 Å². The lowest BCUT2D eigenvalue weighted by atomic mass is 10.0. The molecular weight excluding hydrogens is 210 g/mol. The van der Waals surface area contributed by atoms with Crippen molar-refractivity contribution in [1.29, 1.82) is 0 Å². The van der Waals surface area contributed by atoms with E-state index in [2.05, 4.69) is 28.3 Å². The van der Waals surface area contributed by atoms with Crippen LogP contribution in [0.3, 0.4) is 0 Å². The van der Waals surface area contributed by atoms with Gasteiger partial charge in [-0.1, -0.05) is 12.5 Å². The molecule has 0 aromatic carbocycles. The molecule has 1 atom stereocenters. The molecule has 1 unspecified atom stereocenters. The lowest BCUT2D eigenvalue weighted by Crippen LogP contribution is -2.36.